The van der Waals surface area contributed by atoms with Gasteiger partial charge in [-0.15, -0.1) is 11.3 Å². The van der Waals surface area contributed by atoms with Crippen molar-refractivity contribution in [1.82, 2.24) is 10.3 Å². The van der Waals surface area contributed by atoms with Crippen molar-refractivity contribution in [3.05, 3.63) is 85.1 Å². The third kappa shape index (κ3) is 4.07. The van der Waals surface area contributed by atoms with Gasteiger partial charge in [0.15, 0.2) is 0 Å². The summed E-state index contributed by atoms with van der Waals surface area (Å²) in [5.41, 5.74) is 3.22. The van der Waals surface area contributed by atoms with E-state index in [1.54, 1.807) is 29.6 Å². The van der Waals surface area contributed by atoms with Crippen LogP contribution in [0, 0.1) is 0 Å². The Bertz CT molecular complexity index is 968. The molecule has 0 bridgehead atoms. The number of hydrogen-bond donors (Lipinski definition) is 2. The van der Waals surface area contributed by atoms with Crippen molar-refractivity contribution in [2.24, 2.45) is 0 Å². The van der Waals surface area contributed by atoms with Crippen LogP contribution in [0.5, 0.6) is 0 Å². The number of aromatic nitrogens is 1. The van der Waals surface area contributed by atoms with E-state index in [1.165, 1.54) is 0 Å². The van der Waals surface area contributed by atoms with E-state index >= 15 is 0 Å². The van der Waals surface area contributed by atoms with Crippen molar-refractivity contribution in [2.75, 3.05) is 5.32 Å². The fourth-order valence-electron chi connectivity index (χ4n) is 2.50. The van der Waals surface area contributed by atoms with E-state index in [0.29, 0.717) is 11.4 Å². The molecule has 130 valence electrons. The quantitative estimate of drug-likeness (QED) is 0.570. The molecule has 0 unspecified atom stereocenters. The third-order valence-electron chi connectivity index (χ3n) is 3.60. The second-order valence-electron chi connectivity index (χ2n) is 5.47. The lowest BCUT2D eigenvalue weighted by atomic mass is 10.2. The van der Waals surface area contributed by atoms with Crippen molar-refractivity contribution in [3.63, 3.8) is 0 Å². The summed E-state index contributed by atoms with van der Waals surface area (Å²) in [5, 5.41) is 6.59. The van der Waals surface area contributed by atoms with Crippen LogP contribution in [-0.4, -0.2) is 11.0 Å². The number of para-hydroxylation sites is 2. The molecule has 2 N–H and O–H groups in total. The molecule has 1 heterocycles. The molecule has 0 aliphatic heterocycles. The lowest BCUT2D eigenvalue weighted by Crippen LogP contribution is -2.27. The number of thiazole rings is 1. The van der Waals surface area contributed by atoms with Gasteiger partial charge in [-0.05, 0) is 43.3 Å². The minimum atomic E-state index is -0.315. The molecule has 0 aliphatic carbocycles. The molecule has 1 aromatic heterocycles. The second-order valence-corrected chi connectivity index (χ2v) is 6.50. The molecule has 0 fully saturated rings. The Morgan fingerprint density at radius 3 is 2.69 bits per heavy atom. The summed E-state index contributed by atoms with van der Waals surface area (Å²) in [7, 11) is 0. The standard InChI is InChI=1S/C21H19N3OS/c1-3-9-15(10-4-2)22-21(25)24-17-12-6-5-11-16(17)20-23-18-13-7-8-14-19(18)26-20/h3-14H,1H2,2H3,(H2,22,24,25)/b10-4-,15-9+. The number of fused-ring (bicyclic) bond motifs is 1. The van der Waals surface area contributed by atoms with Crippen LogP contribution < -0.4 is 10.6 Å². The number of anilines is 1. The van der Waals surface area contributed by atoms with Gasteiger partial charge in [0.05, 0.1) is 15.9 Å². The van der Waals surface area contributed by atoms with Gasteiger partial charge in [0.25, 0.3) is 0 Å². The van der Waals surface area contributed by atoms with Crippen LogP contribution in [0.1, 0.15) is 6.92 Å². The number of allylic oxidation sites excluding steroid dienone is 4. The molecule has 26 heavy (non-hydrogen) atoms. The molecule has 2 aromatic carbocycles. The van der Waals surface area contributed by atoms with Crippen LogP contribution in [0.2, 0.25) is 0 Å². The van der Waals surface area contributed by atoms with Crippen LogP contribution in [0.15, 0.2) is 85.1 Å². The van der Waals surface area contributed by atoms with Gasteiger partial charge in [-0.1, -0.05) is 43.0 Å². The zero-order valence-corrected chi connectivity index (χ0v) is 15.2. The Kier molecular flexibility index (Phi) is 5.61. The van der Waals surface area contributed by atoms with E-state index in [2.05, 4.69) is 22.2 Å². The maximum Gasteiger partial charge on any atom is 0.323 e. The second kappa shape index (κ2) is 8.27. The number of rotatable bonds is 5. The van der Waals surface area contributed by atoms with Gasteiger partial charge in [-0.3, -0.25) is 0 Å². The zero-order valence-electron chi connectivity index (χ0n) is 14.4. The number of carbonyl (C=O) groups excluding carboxylic acids is 1. The van der Waals surface area contributed by atoms with E-state index in [1.807, 2.05) is 61.5 Å². The number of benzene rings is 2. The maximum atomic E-state index is 12.4. The maximum absolute atomic E-state index is 12.4. The lowest BCUT2D eigenvalue weighted by molar-refractivity contribution is 0.254. The van der Waals surface area contributed by atoms with Crippen molar-refractivity contribution >= 4 is 33.3 Å². The normalized spacial score (nSPS) is 11.7. The summed E-state index contributed by atoms with van der Waals surface area (Å²) in [6.45, 7) is 5.55. The summed E-state index contributed by atoms with van der Waals surface area (Å²) in [4.78, 5) is 17.1. The first kappa shape index (κ1) is 17.6. The third-order valence-corrected chi connectivity index (χ3v) is 4.67. The Morgan fingerprint density at radius 1 is 1.15 bits per heavy atom. The molecule has 3 aromatic rings. The number of amides is 2. The van der Waals surface area contributed by atoms with Gasteiger partial charge in [-0.2, -0.15) is 0 Å². The summed E-state index contributed by atoms with van der Waals surface area (Å²) < 4.78 is 1.12. The summed E-state index contributed by atoms with van der Waals surface area (Å²) >= 11 is 1.60. The van der Waals surface area contributed by atoms with Gasteiger partial charge >= 0.3 is 6.03 Å². The monoisotopic (exact) mass is 361 g/mol. The van der Waals surface area contributed by atoms with Crippen molar-refractivity contribution in [3.8, 4) is 10.6 Å². The van der Waals surface area contributed by atoms with Gasteiger partial charge in [0, 0.05) is 11.3 Å². The van der Waals surface area contributed by atoms with E-state index < -0.39 is 0 Å². The highest BCUT2D eigenvalue weighted by atomic mass is 32.1. The lowest BCUT2D eigenvalue weighted by Gasteiger charge is -2.11. The highest BCUT2D eigenvalue weighted by molar-refractivity contribution is 7.21. The molecule has 0 aliphatic rings. The summed E-state index contributed by atoms with van der Waals surface area (Å²) in [6, 6.07) is 15.3. The largest absolute Gasteiger partial charge is 0.323 e. The molecule has 3 rings (SSSR count). The van der Waals surface area contributed by atoms with Gasteiger partial charge in [0.1, 0.15) is 5.01 Å². The Balaban J connectivity index is 1.86. The van der Waals surface area contributed by atoms with E-state index in [9.17, 15) is 4.79 Å². The number of nitrogens with one attached hydrogen (secondary N) is 2. The van der Waals surface area contributed by atoms with Crippen LogP contribution in [0.25, 0.3) is 20.8 Å². The first-order valence-corrected chi connectivity index (χ1v) is 9.01. The average Bonchev–Trinajstić information content (AvgIpc) is 3.06. The predicted molar refractivity (Wildman–Crippen MR) is 110 cm³/mol. The Hall–Kier alpha value is -3.18. The van der Waals surface area contributed by atoms with Crippen molar-refractivity contribution in [1.29, 1.82) is 0 Å². The van der Waals surface area contributed by atoms with E-state index in [-0.39, 0.29) is 6.03 Å². The Morgan fingerprint density at radius 2 is 1.92 bits per heavy atom. The van der Waals surface area contributed by atoms with Crippen LogP contribution in [-0.2, 0) is 0 Å². The van der Waals surface area contributed by atoms with Gasteiger partial charge < -0.3 is 10.6 Å². The zero-order chi connectivity index (χ0) is 18.4. The number of hydrogen-bond acceptors (Lipinski definition) is 3. The smallest absolute Gasteiger partial charge is 0.308 e. The molecule has 2 amide bonds. The highest BCUT2D eigenvalue weighted by Crippen LogP contribution is 2.34. The average molecular weight is 361 g/mol. The minimum absolute atomic E-state index is 0.315. The first-order valence-electron chi connectivity index (χ1n) is 8.19. The van der Waals surface area contributed by atoms with Crippen molar-refractivity contribution in [2.45, 2.75) is 6.92 Å². The molecule has 0 saturated carbocycles. The molecule has 0 spiro atoms. The molecule has 0 atom stereocenters. The predicted octanol–water partition coefficient (Wildman–Crippen LogP) is 5.73. The molecular formula is C21H19N3OS. The molecule has 4 nitrogen and oxygen atoms in total. The van der Waals surface area contributed by atoms with Crippen LogP contribution in [0.3, 0.4) is 0 Å². The first-order chi connectivity index (χ1) is 12.7. The van der Waals surface area contributed by atoms with Gasteiger partial charge in [-0.25, -0.2) is 9.78 Å². The number of nitrogens with zero attached hydrogens (tertiary/aromatic N) is 1. The number of urea groups is 1. The summed E-state index contributed by atoms with van der Waals surface area (Å²) in [6.07, 6.45) is 7.02. The molecule has 0 saturated heterocycles. The van der Waals surface area contributed by atoms with E-state index in [0.717, 1.165) is 20.8 Å². The SMILES string of the molecule is C=C/C=C(\C=C/C)NC(=O)Nc1ccccc1-c1nc2ccccc2s1. The molecular weight excluding hydrogens is 342 g/mol. The van der Waals surface area contributed by atoms with E-state index in [4.69, 9.17) is 0 Å². The summed E-state index contributed by atoms with van der Waals surface area (Å²) in [5.74, 6) is 0. The molecule has 0 radical (unpaired) electrons. The fraction of sp³-hybridized carbons (Fsp3) is 0.0476. The molecule has 5 heteroatoms. The number of carbonyl (C=O) groups is 1. The van der Waals surface area contributed by atoms with Crippen LogP contribution in [0.4, 0.5) is 10.5 Å². The fourth-order valence-corrected chi connectivity index (χ4v) is 3.50. The Labute approximate surface area is 156 Å². The highest BCUT2D eigenvalue weighted by Gasteiger charge is 2.12. The van der Waals surface area contributed by atoms with Gasteiger partial charge in [0.2, 0.25) is 0 Å². The topological polar surface area (TPSA) is 54.0 Å². The van der Waals surface area contributed by atoms with Crippen molar-refractivity contribution < 1.29 is 4.79 Å². The van der Waals surface area contributed by atoms with Crippen LogP contribution >= 0.6 is 11.3 Å². The minimum Gasteiger partial charge on any atom is -0.308 e.